The van der Waals surface area contributed by atoms with Crippen LogP contribution in [0.4, 0.5) is 0 Å². The molecule has 2 aromatic heterocycles. The molecule has 0 saturated carbocycles. The monoisotopic (exact) mass is 237 g/mol. The molecule has 0 saturated heterocycles. The highest BCUT2D eigenvalue weighted by Crippen LogP contribution is 2.45. The van der Waals surface area contributed by atoms with Gasteiger partial charge in [0.2, 0.25) is 0 Å². The zero-order valence-corrected chi connectivity index (χ0v) is 9.89. The molecule has 0 atom stereocenters. The second-order valence-electron chi connectivity index (χ2n) is 3.59. The number of rotatable bonds is 1. The van der Waals surface area contributed by atoms with Crippen LogP contribution in [0.5, 0.6) is 11.5 Å². The molecular formula is C11H11NO3S. The van der Waals surface area contributed by atoms with Crippen LogP contribution in [0.2, 0.25) is 0 Å². The molecule has 5 heteroatoms. The third-order valence-corrected chi connectivity index (χ3v) is 3.37. The molecule has 0 amide bonds. The van der Waals surface area contributed by atoms with Gasteiger partial charge < -0.3 is 13.9 Å². The first-order chi connectivity index (χ1) is 7.75. The maximum Gasteiger partial charge on any atom is 0.191 e. The fraction of sp³-hybridized carbons (Fsp3) is 0.364. The van der Waals surface area contributed by atoms with Gasteiger partial charge in [-0.1, -0.05) is 0 Å². The molecule has 0 unspecified atom stereocenters. The Hall–Kier alpha value is -1.49. The average molecular weight is 237 g/mol. The number of hydrogen-bond donors (Lipinski definition) is 0. The molecule has 0 aromatic carbocycles. The fourth-order valence-corrected chi connectivity index (χ4v) is 2.73. The van der Waals surface area contributed by atoms with Gasteiger partial charge in [0.05, 0.1) is 0 Å². The first-order valence-electron chi connectivity index (χ1n) is 5.07. The SMILES string of the molecule is Cc1nc(-c2scc3c2OCCO3)c(C)o1. The van der Waals surface area contributed by atoms with Crippen molar-refractivity contribution in [1.29, 1.82) is 0 Å². The van der Waals surface area contributed by atoms with E-state index in [9.17, 15) is 0 Å². The van der Waals surface area contributed by atoms with E-state index < -0.39 is 0 Å². The van der Waals surface area contributed by atoms with Crippen molar-refractivity contribution in [2.45, 2.75) is 13.8 Å². The Morgan fingerprint density at radius 1 is 1.25 bits per heavy atom. The van der Waals surface area contributed by atoms with Crippen LogP contribution in [0.25, 0.3) is 10.6 Å². The summed E-state index contributed by atoms with van der Waals surface area (Å²) in [6.45, 7) is 4.95. The first-order valence-corrected chi connectivity index (χ1v) is 5.95. The summed E-state index contributed by atoms with van der Waals surface area (Å²) in [5.74, 6) is 3.10. The molecule has 0 N–H and O–H groups in total. The Balaban J connectivity index is 2.13. The minimum absolute atomic E-state index is 0.590. The lowest BCUT2D eigenvalue weighted by Gasteiger charge is -2.15. The summed E-state index contributed by atoms with van der Waals surface area (Å²) < 4.78 is 16.5. The number of ether oxygens (including phenoxy) is 2. The number of fused-ring (bicyclic) bond motifs is 1. The maximum absolute atomic E-state index is 5.62. The van der Waals surface area contributed by atoms with Gasteiger partial charge in [-0.15, -0.1) is 11.3 Å². The van der Waals surface area contributed by atoms with E-state index in [2.05, 4.69) is 4.98 Å². The largest absolute Gasteiger partial charge is 0.485 e. The van der Waals surface area contributed by atoms with E-state index in [0.717, 1.165) is 27.8 Å². The molecule has 3 rings (SSSR count). The topological polar surface area (TPSA) is 44.5 Å². The van der Waals surface area contributed by atoms with E-state index in [0.29, 0.717) is 19.1 Å². The van der Waals surface area contributed by atoms with E-state index in [4.69, 9.17) is 13.9 Å². The molecule has 0 bridgehead atoms. The van der Waals surface area contributed by atoms with Crippen molar-refractivity contribution in [3.8, 4) is 22.1 Å². The molecule has 0 fully saturated rings. The molecule has 3 heterocycles. The zero-order chi connectivity index (χ0) is 11.1. The predicted octanol–water partition coefficient (Wildman–Crippen LogP) is 2.79. The number of thiophene rings is 1. The van der Waals surface area contributed by atoms with E-state index in [1.165, 1.54) is 0 Å². The normalized spacial score (nSPS) is 14.1. The lowest BCUT2D eigenvalue weighted by atomic mass is 10.3. The summed E-state index contributed by atoms with van der Waals surface area (Å²) in [5.41, 5.74) is 0.856. The number of oxazole rings is 1. The molecule has 1 aliphatic heterocycles. The smallest absolute Gasteiger partial charge is 0.191 e. The molecule has 4 nitrogen and oxygen atoms in total. The maximum atomic E-state index is 5.62. The van der Waals surface area contributed by atoms with Gasteiger partial charge in [0.1, 0.15) is 29.5 Å². The Morgan fingerprint density at radius 3 is 2.81 bits per heavy atom. The minimum Gasteiger partial charge on any atom is -0.485 e. The van der Waals surface area contributed by atoms with Gasteiger partial charge in [-0.3, -0.25) is 0 Å². The van der Waals surface area contributed by atoms with E-state index in [-0.39, 0.29) is 0 Å². The second kappa shape index (κ2) is 3.52. The molecule has 1 aliphatic rings. The Kier molecular flexibility index (Phi) is 2.14. The molecule has 2 aromatic rings. The van der Waals surface area contributed by atoms with Crippen LogP contribution in [0.15, 0.2) is 9.80 Å². The van der Waals surface area contributed by atoms with Crippen LogP contribution in [0, 0.1) is 13.8 Å². The summed E-state index contributed by atoms with van der Waals surface area (Å²) in [6.07, 6.45) is 0. The zero-order valence-electron chi connectivity index (χ0n) is 9.07. The minimum atomic E-state index is 0.590. The molecule has 16 heavy (non-hydrogen) atoms. The van der Waals surface area contributed by atoms with Crippen LogP contribution < -0.4 is 9.47 Å². The van der Waals surface area contributed by atoms with Crippen molar-refractivity contribution < 1.29 is 13.9 Å². The highest BCUT2D eigenvalue weighted by Gasteiger charge is 2.23. The van der Waals surface area contributed by atoms with Crippen LogP contribution in [0.3, 0.4) is 0 Å². The van der Waals surface area contributed by atoms with Crippen LogP contribution in [-0.2, 0) is 0 Å². The standard InChI is InChI=1S/C11H11NO3S/c1-6-9(12-7(2)15-6)11-10-8(5-16-11)13-3-4-14-10/h5H,3-4H2,1-2H3. The number of hydrogen-bond acceptors (Lipinski definition) is 5. The van der Waals surface area contributed by atoms with Gasteiger partial charge in [-0.2, -0.15) is 0 Å². The number of aromatic nitrogens is 1. The van der Waals surface area contributed by atoms with Gasteiger partial charge >= 0.3 is 0 Å². The number of aryl methyl sites for hydroxylation is 2. The van der Waals surface area contributed by atoms with Crippen LogP contribution in [0.1, 0.15) is 11.7 Å². The average Bonchev–Trinajstić information content (AvgIpc) is 2.81. The third-order valence-electron chi connectivity index (χ3n) is 2.42. The lowest BCUT2D eigenvalue weighted by molar-refractivity contribution is 0.174. The quantitative estimate of drug-likeness (QED) is 0.765. The number of nitrogens with zero attached hydrogens (tertiary/aromatic N) is 1. The van der Waals surface area contributed by atoms with Crippen LogP contribution >= 0.6 is 11.3 Å². The third kappa shape index (κ3) is 1.39. The van der Waals surface area contributed by atoms with E-state index >= 15 is 0 Å². The van der Waals surface area contributed by atoms with Gasteiger partial charge in [0.15, 0.2) is 17.4 Å². The van der Waals surface area contributed by atoms with Crippen molar-refractivity contribution in [2.75, 3.05) is 13.2 Å². The van der Waals surface area contributed by atoms with Crippen molar-refractivity contribution in [1.82, 2.24) is 4.98 Å². The van der Waals surface area contributed by atoms with E-state index in [1.54, 1.807) is 11.3 Å². The summed E-state index contributed by atoms with van der Waals surface area (Å²) in [6, 6.07) is 0. The Bertz CT molecular complexity index is 529. The van der Waals surface area contributed by atoms with Crippen molar-refractivity contribution >= 4 is 11.3 Å². The Labute approximate surface area is 96.8 Å². The lowest BCUT2D eigenvalue weighted by Crippen LogP contribution is -2.14. The summed E-state index contributed by atoms with van der Waals surface area (Å²) in [7, 11) is 0. The fourth-order valence-electron chi connectivity index (χ4n) is 1.77. The van der Waals surface area contributed by atoms with Gasteiger partial charge in [-0.05, 0) is 6.92 Å². The molecule has 0 radical (unpaired) electrons. The van der Waals surface area contributed by atoms with Crippen LogP contribution in [-0.4, -0.2) is 18.2 Å². The summed E-state index contributed by atoms with van der Waals surface area (Å²) >= 11 is 1.57. The second-order valence-corrected chi connectivity index (χ2v) is 4.47. The highest BCUT2D eigenvalue weighted by atomic mass is 32.1. The van der Waals surface area contributed by atoms with Crippen molar-refractivity contribution in [3.63, 3.8) is 0 Å². The van der Waals surface area contributed by atoms with Gasteiger partial charge in [0.25, 0.3) is 0 Å². The highest BCUT2D eigenvalue weighted by molar-refractivity contribution is 7.14. The van der Waals surface area contributed by atoms with E-state index in [1.807, 2.05) is 19.2 Å². The molecular weight excluding hydrogens is 226 g/mol. The first kappa shape index (κ1) is 9.72. The van der Waals surface area contributed by atoms with Crippen molar-refractivity contribution in [2.24, 2.45) is 0 Å². The molecule has 84 valence electrons. The van der Waals surface area contributed by atoms with Gasteiger partial charge in [0, 0.05) is 12.3 Å². The molecule has 0 aliphatic carbocycles. The van der Waals surface area contributed by atoms with Crippen molar-refractivity contribution in [3.05, 3.63) is 17.0 Å². The van der Waals surface area contributed by atoms with Gasteiger partial charge in [-0.25, -0.2) is 4.98 Å². The Morgan fingerprint density at radius 2 is 2.06 bits per heavy atom. The summed E-state index contributed by atoms with van der Waals surface area (Å²) in [4.78, 5) is 5.36. The molecule has 0 spiro atoms. The summed E-state index contributed by atoms with van der Waals surface area (Å²) in [5, 5.41) is 1.95. The predicted molar refractivity (Wildman–Crippen MR) is 60.3 cm³/mol.